The molecule has 2 heterocycles. The summed E-state index contributed by atoms with van der Waals surface area (Å²) in [6, 6.07) is 6.28. The Morgan fingerprint density at radius 3 is 2.71 bits per heavy atom. The second-order valence-corrected chi connectivity index (χ2v) is 5.37. The van der Waals surface area contributed by atoms with Gasteiger partial charge in [0.15, 0.2) is 0 Å². The lowest BCUT2D eigenvalue weighted by Crippen LogP contribution is -2.22. The standard InChI is InChI=1S/C17H23N3O/c1-5-15-17(7-6-13(4)20-15)21-16-8-9-18-10-14(16)11-19-12(2)3/h6-10,12,19H,5,11H2,1-4H3. The van der Waals surface area contributed by atoms with Crippen LogP contribution in [0.2, 0.25) is 0 Å². The maximum Gasteiger partial charge on any atom is 0.148 e. The fraction of sp³-hybridized carbons (Fsp3) is 0.412. The number of aromatic nitrogens is 2. The number of nitrogens with zero attached hydrogens (tertiary/aromatic N) is 2. The molecule has 0 radical (unpaired) electrons. The monoisotopic (exact) mass is 285 g/mol. The molecular formula is C17H23N3O. The zero-order valence-corrected chi connectivity index (χ0v) is 13.2. The Bertz CT molecular complexity index is 596. The van der Waals surface area contributed by atoms with Crippen LogP contribution in [0.5, 0.6) is 11.5 Å². The van der Waals surface area contributed by atoms with Crippen LogP contribution in [0.25, 0.3) is 0 Å². The Balaban J connectivity index is 2.23. The van der Waals surface area contributed by atoms with Crippen LogP contribution in [-0.2, 0) is 13.0 Å². The summed E-state index contributed by atoms with van der Waals surface area (Å²) in [6.07, 6.45) is 4.45. The van der Waals surface area contributed by atoms with Crippen molar-refractivity contribution < 1.29 is 4.74 Å². The molecule has 0 saturated heterocycles. The topological polar surface area (TPSA) is 47.0 Å². The SMILES string of the molecule is CCc1nc(C)ccc1Oc1ccncc1CNC(C)C. The molecule has 4 heteroatoms. The van der Waals surface area contributed by atoms with Crippen molar-refractivity contribution in [1.29, 1.82) is 0 Å². The predicted octanol–water partition coefficient (Wildman–Crippen LogP) is 3.64. The Labute approximate surface area is 126 Å². The second kappa shape index (κ2) is 7.18. The number of rotatable bonds is 6. The van der Waals surface area contributed by atoms with Crippen molar-refractivity contribution in [2.45, 2.75) is 46.7 Å². The van der Waals surface area contributed by atoms with Crippen molar-refractivity contribution >= 4 is 0 Å². The molecule has 0 bridgehead atoms. The number of ether oxygens (including phenoxy) is 1. The summed E-state index contributed by atoms with van der Waals surface area (Å²) in [5.74, 6) is 1.65. The van der Waals surface area contributed by atoms with Crippen molar-refractivity contribution in [1.82, 2.24) is 15.3 Å². The van der Waals surface area contributed by atoms with E-state index in [2.05, 4.69) is 36.1 Å². The van der Waals surface area contributed by atoms with Gasteiger partial charge in [0.2, 0.25) is 0 Å². The first-order valence-electron chi connectivity index (χ1n) is 7.40. The first kappa shape index (κ1) is 15.4. The molecule has 1 N–H and O–H groups in total. The van der Waals surface area contributed by atoms with Crippen molar-refractivity contribution in [3.63, 3.8) is 0 Å². The molecule has 21 heavy (non-hydrogen) atoms. The van der Waals surface area contributed by atoms with Gasteiger partial charge in [0.05, 0.1) is 5.69 Å². The molecule has 112 valence electrons. The van der Waals surface area contributed by atoms with E-state index < -0.39 is 0 Å². The molecule has 0 atom stereocenters. The van der Waals surface area contributed by atoms with Crippen LogP contribution < -0.4 is 10.1 Å². The molecule has 0 saturated carbocycles. The van der Waals surface area contributed by atoms with Crippen LogP contribution >= 0.6 is 0 Å². The average molecular weight is 285 g/mol. The highest BCUT2D eigenvalue weighted by Gasteiger charge is 2.09. The molecule has 0 aromatic carbocycles. The minimum Gasteiger partial charge on any atom is -0.455 e. The van der Waals surface area contributed by atoms with E-state index in [1.807, 2.05) is 31.3 Å². The van der Waals surface area contributed by atoms with Gasteiger partial charge >= 0.3 is 0 Å². The second-order valence-electron chi connectivity index (χ2n) is 5.37. The summed E-state index contributed by atoms with van der Waals surface area (Å²) in [4.78, 5) is 8.72. The molecule has 2 aromatic heterocycles. The van der Waals surface area contributed by atoms with Crippen LogP contribution in [0, 0.1) is 6.92 Å². The fourth-order valence-corrected chi connectivity index (χ4v) is 2.02. The van der Waals surface area contributed by atoms with Gasteiger partial charge in [-0.2, -0.15) is 0 Å². The smallest absolute Gasteiger partial charge is 0.148 e. The summed E-state index contributed by atoms with van der Waals surface area (Å²) < 4.78 is 6.08. The summed E-state index contributed by atoms with van der Waals surface area (Å²) in [7, 11) is 0. The van der Waals surface area contributed by atoms with E-state index in [1.165, 1.54) is 0 Å². The van der Waals surface area contributed by atoms with Gasteiger partial charge in [0, 0.05) is 36.2 Å². The molecular weight excluding hydrogens is 262 g/mol. The van der Waals surface area contributed by atoms with Gasteiger partial charge in [0.25, 0.3) is 0 Å². The lowest BCUT2D eigenvalue weighted by molar-refractivity contribution is 0.460. The molecule has 0 fully saturated rings. The van der Waals surface area contributed by atoms with E-state index in [0.717, 1.165) is 41.4 Å². The Hall–Kier alpha value is -1.94. The van der Waals surface area contributed by atoms with Gasteiger partial charge in [-0.3, -0.25) is 9.97 Å². The van der Waals surface area contributed by atoms with Crippen LogP contribution in [0.1, 0.15) is 37.7 Å². The third kappa shape index (κ3) is 4.26. The summed E-state index contributed by atoms with van der Waals surface area (Å²) >= 11 is 0. The number of aryl methyl sites for hydroxylation is 2. The highest BCUT2D eigenvalue weighted by Crippen LogP contribution is 2.27. The van der Waals surface area contributed by atoms with E-state index in [0.29, 0.717) is 6.04 Å². The number of nitrogens with one attached hydrogen (secondary N) is 1. The lowest BCUT2D eigenvalue weighted by atomic mass is 10.2. The predicted molar refractivity (Wildman–Crippen MR) is 84.6 cm³/mol. The Morgan fingerprint density at radius 1 is 1.19 bits per heavy atom. The van der Waals surface area contributed by atoms with Crippen LogP contribution in [0.4, 0.5) is 0 Å². The van der Waals surface area contributed by atoms with Crippen molar-refractivity contribution in [3.05, 3.63) is 47.5 Å². The Kier molecular flexibility index (Phi) is 5.28. The van der Waals surface area contributed by atoms with Crippen molar-refractivity contribution in [3.8, 4) is 11.5 Å². The van der Waals surface area contributed by atoms with Crippen LogP contribution in [0.15, 0.2) is 30.6 Å². The number of pyridine rings is 2. The zero-order valence-electron chi connectivity index (χ0n) is 13.2. The van der Waals surface area contributed by atoms with Gasteiger partial charge in [-0.15, -0.1) is 0 Å². The lowest BCUT2D eigenvalue weighted by Gasteiger charge is -2.14. The molecule has 0 amide bonds. The summed E-state index contributed by atoms with van der Waals surface area (Å²) in [5, 5.41) is 3.39. The maximum atomic E-state index is 6.08. The normalized spacial score (nSPS) is 10.9. The first-order chi connectivity index (χ1) is 10.1. The molecule has 4 nitrogen and oxygen atoms in total. The average Bonchev–Trinajstić information content (AvgIpc) is 2.48. The molecule has 0 aliphatic carbocycles. The quantitative estimate of drug-likeness (QED) is 0.880. The van der Waals surface area contributed by atoms with Crippen LogP contribution in [0.3, 0.4) is 0 Å². The highest BCUT2D eigenvalue weighted by molar-refractivity contribution is 5.38. The van der Waals surface area contributed by atoms with Gasteiger partial charge < -0.3 is 10.1 Å². The largest absolute Gasteiger partial charge is 0.455 e. The first-order valence-corrected chi connectivity index (χ1v) is 7.40. The number of hydrogen-bond donors (Lipinski definition) is 1. The highest BCUT2D eigenvalue weighted by atomic mass is 16.5. The van der Waals surface area contributed by atoms with Gasteiger partial charge in [0.1, 0.15) is 11.5 Å². The molecule has 2 rings (SSSR count). The third-order valence-electron chi connectivity index (χ3n) is 3.19. The molecule has 0 aliphatic heterocycles. The summed E-state index contributed by atoms with van der Waals surface area (Å²) in [5.41, 5.74) is 3.04. The minimum absolute atomic E-state index is 0.422. The molecule has 2 aromatic rings. The summed E-state index contributed by atoms with van der Waals surface area (Å²) in [6.45, 7) is 9.06. The van der Waals surface area contributed by atoms with E-state index in [-0.39, 0.29) is 0 Å². The van der Waals surface area contributed by atoms with Crippen molar-refractivity contribution in [2.24, 2.45) is 0 Å². The van der Waals surface area contributed by atoms with E-state index in [4.69, 9.17) is 4.74 Å². The Morgan fingerprint density at radius 2 is 2.00 bits per heavy atom. The van der Waals surface area contributed by atoms with Crippen LogP contribution in [-0.4, -0.2) is 16.0 Å². The van der Waals surface area contributed by atoms with Gasteiger partial charge in [-0.05, 0) is 31.5 Å². The minimum atomic E-state index is 0.422. The zero-order chi connectivity index (χ0) is 15.2. The maximum absolute atomic E-state index is 6.08. The molecule has 0 aliphatic rings. The van der Waals surface area contributed by atoms with E-state index in [9.17, 15) is 0 Å². The third-order valence-corrected chi connectivity index (χ3v) is 3.19. The van der Waals surface area contributed by atoms with Gasteiger partial charge in [-0.1, -0.05) is 20.8 Å². The fourth-order valence-electron chi connectivity index (χ4n) is 2.02. The van der Waals surface area contributed by atoms with Crippen molar-refractivity contribution in [2.75, 3.05) is 0 Å². The number of hydrogen-bond acceptors (Lipinski definition) is 4. The van der Waals surface area contributed by atoms with E-state index in [1.54, 1.807) is 6.20 Å². The molecule has 0 spiro atoms. The molecule has 0 unspecified atom stereocenters. The van der Waals surface area contributed by atoms with Gasteiger partial charge in [-0.25, -0.2) is 0 Å². The van der Waals surface area contributed by atoms with E-state index >= 15 is 0 Å².